The lowest BCUT2D eigenvalue weighted by molar-refractivity contribution is -0.132. The normalized spacial score (nSPS) is 23.4. The standard InChI is InChI=1S/C25H39N3O6/c1-5-33-23(30)27-10-8-24(31,9-11-27)15-26-12-13-28(21(4)29)17-25(32,16-26)18-34-22-7-6-19(2)20(3)14-22/h6-7,14,31-32H,5,8-13,15-18H2,1-4H3. The van der Waals surface area contributed by atoms with Crippen LogP contribution in [-0.4, -0.2) is 107 Å². The number of carbonyl (C=O) groups is 2. The Hall–Kier alpha value is -2.36. The van der Waals surface area contributed by atoms with Gasteiger partial charge in [-0.05, 0) is 56.9 Å². The SMILES string of the molecule is CCOC(=O)N1CCC(O)(CN2CCN(C(C)=O)CC(O)(COc3ccc(C)c(C)c3)C2)CC1. The fourth-order valence-corrected chi connectivity index (χ4v) is 4.65. The summed E-state index contributed by atoms with van der Waals surface area (Å²) in [7, 11) is 0. The molecule has 2 fully saturated rings. The van der Waals surface area contributed by atoms with Gasteiger partial charge in [0.15, 0.2) is 0 Å². The van der Waals surface area contributed by atoms with Gasteiger partial charge in [0.25, 0.3) is 0 Å². The first-order valence-electron chi connectivity index (χ1n) is 12.1. The van der Waals surface area contributed by atoms with Gasteiger partial charge in [-0.2, -0.15) is 0 Å². The number of likely N-dealkylation sites (tertiary alicyclic amines) is 1. The van der Waals surface area contributed by atoms with Crippen molar-refractivity contribution in [2.45, 2.75) is 51.7 Å². The number of aliphatic hydroxyl groups is 2. The van der Waals surface area contributed by atoms with Crippen LogP contribution in [0.4, 0.5) is 4.79 Å². The number of hydrogen-bond acceptors (Lipinski definition) is 7. The number of nitrogens with zero attached hydrogens (tertiary/aromatic N) is 3. The van der Waals surface area contributed by atoms with Crippen LogP contribution in [0.2, 0.25) is 0 Å². The van der Waals surface area contributed by atoms with Crippen LogP contribution < -0.4 is 4.74 Å². The van der Waals surface area contributed by atoms with E-state index in [4.69, 9.17) is 9.47 Å². The van der Waals surface area contributed by atoms with Crippen LogP contribution in [0.3, 0.4) is 0 Å². The van der Waals surface area contributed by atoms with Crippen molar-refractivity contribution >= 4 is 12.0 Å². The molecule has 2 N–H and O–H groups in total. The van der Waals surface area contributed by atoms with Gasteiger partial charge in [0, 0.05) is 46.2 Å². The van der Waals surface area contributed by atoms with Crippen molar-refractivity contribution in [2.24, 2.45) is 0 Å². The summed E-state index contributed by atoms with van der Waals surface area (Å²) in [6, 6.07) is 5.80. The Kier molecular flexibility index (Phi) is 8.43. The highest BCUT2D eigenvalue weighted by atomic mass is 16.6. The number of amides is 2. The van der Waals surface area contributed by atoms with Crippen LogP contribution in [0.1, 0.15) is 37.8 Å². The highest BCUT2D eigenvalue weighted by Crippen LogP contribution is 2.26. The molecule has 2 amide bonds. The molecule has 1 aromatic rings. The Morgan fingerprint density at radius 1 is 0.971 bits per heavy atom. The van der Waals surface area contributed by atoms with Crippen molar-refractivity contribution in [1.29, 1.82) is 0 Å². The molecule has 0 aliphatic carbocycles. The third-order valence-corrected chi connectivity index (χ3v) is 6.86. The lowest BCUT2D eigenvalue weighted by Crippen LogP contribution is -2.56. The van der Waals surface area contributed by atoms with Gasteiger partial charge in [-0.3, -0.25) is 9.69 Å². The van der Waals surface area contributed by atoms with Crippen molar-refractivity contribution in [3.05, 3.63) is 29.3 Å². The molecule has 0 spiro atoms. The van der Waals surface area contributed by atoms with E-state index < -0.39 is 11.2 Å². The Morgan fingerprint density at radius 3 is 2.29 bits per heavy atom. The Balaban J connectivity index is 1.66. The van der Waals surface area contributed by atoms with Gasteiger partial charge < -0.3 is 29.5 Å². The smallest absolute Gasteiger partial charge is 0.409 e. The molecule has 2 aliphatic heterocycles. The third-order valence-electron chi connectivity index (χ3n) is 6.86. The number of piperidine rings is 1. The second-order valence-electron chi connectivity index (χ2n) is 9.82. The predicted molar refractivity (Wildman–Crippen MR) is 128 cm³/mol. The van der Waals surface area contributed by atoms with Crippen molar-refractivity contribution in [3.63, 3.8) is 0 Å². The van der Waals surface area contributed by atoms with Crippen molar-refractivity contribution < 1.29 is 29.3 Å². The molecule has 2 saturated heterocycles. The van der Waals surface area contributed by atoms with Gasteiger partial charge >= 0.3 is 6.09 Å². The molecule has 0 saturated carbocycles. The van der Waals surface area contributed by atoms with Crippen molar-refractivity contribution in [3.8, 4) is 5.75 Å². The summed E-state index contributed by atoms with van der Waals surface area (Å²) >= 11 is 0. The fraction of sp³-hybridized carbons (Fsp3) is 0.680. The molecular formula is C25H39N3O6. The van der Waals surface area contributed by atoms with Gasteiger partial charge in [0.05, 0.1) is 18.8 Å². The summed E-state index contributed by atoms with van der Waals surface area (Å²) in [5, 5.41) is 22.7. The number of aryl methyl sites for hydroxylation is 2. The number of β-amino-alcohol motifs (C(OH)–C–C–N with tert-alkyl or cyclic N) is 2. The molecule has 3 rings (SSSR count). The zero-order valence-corrected chi connectivity index (χ0v) is 20.9. The quantitative estimate of drug-likeness (QED) is 0.641. The van der Waals surface area contributed by atoms with E-state index in [1.807, 2.05) is 36.9 Å². The minimum Gasteiger partial charge on any atom is -0.490 e. The Labute approximate surface area is 202 Å². The molecule has 9 heteroatoms. The minimum absolute atomic E-state index is 0.0326. The second kappa shape index (κ2) is 10.9. The zero-order chi connectivity index (χ0) is 24.9. The number of ether oxygens (including phenoxy) is 2. The summed E-state index contributed by atoms with van der Waals surface area (Å²) in [6.07, 6.45) is 0.501. The maximum atomic E-state index is 12.2. The van der Waals surface area contributed by atoms with Gasteiger partial charge in [-0.25, -0.2) is 4.79 Å². The summed E-state index contributed by atoms with van der Waals surface area (Å²) in [5.74, 6) is 0.569. The van der Waals surface area contributed by atoms with E-state index in [1.165, 1.54) is 6.92 Å². The monoisotopic (exact) mass is 477 g/mol. The molecule has 2 aliphatic rings. The van der Waals surface area contributed by atoms with E-state index in [0.717, 1.165) is 11.1 Å². The predicted octanol–water partition coefficient (Wildman–Crippen LogP) is 1.56. The Bertz CT molecular complexity index is 870. The van der Waals surface area contributed by atoms with Gasteiger partial charge in [-0.1, -0.05) is 6.07 Å². The largest absolute Gasteiger partial charge is 0.490 e. The highest BCUT2D eigenvalue weighted by Gasteiger charge is 2.41. The maximum Gasteiger partial charge on any atom is 0.409 e. The summed E-state index contributed by atoms with van der Waals surface area (Å²) in [5.41, 5.74) is -0.00174. The molecule has 9 nitrogen and oxygen atoms in total. The molecule has 34 heavy (non-hydrogen) atoms. The molecule has 0 aromatic heterocycles. The molecule has 1 unspecified atom stereocenters. The van der Waals surface area contributed by atoms with E-state index in [-0.39, 0.29) is 31.7 Å². The zero-order valence-electron chi connectivity index (χ0n) is 20.9. The summed E-state index contributed by atoms with van der Waals surface area (Å²) < 4.78 is 11.0. The highest BCUT2D eigenvalue weighted by molar-refractivity contribution is 5.73. The summed E-state index contributed by atoms with van der Waals surface area (Å²) in [4.78, 5) is 29.4. The average molecular weight is 478 g/mol. The van der Waals surface area contributed by atoms with Crippen molar-refractivity contribution in [1.82, 2.24) is 14.7 Å². The van der Waals surface area contributed by atoms with E-state index >= 15 is 0 Å². The minimum atomic E-state index is -1.29. The topological polar surface area (TPSA) is 103 Å². The van der Waals surface area contributed by atoms with Crippen LogP contribution in [-0.2, 0) is 9.53 Å². The van der Waals surface area contributed by atoms with Gasteiger partial charge in [0.1, 0.15) is 18.0 Å². The van der Waals surface area contributed by atoms with E-state index in [2.05, 4.69) is 0 Å². The molecule has 190 valence electrons. The van der Waals surface area contributed by atoms with Crippen LogP contribution >= 0.6 is 0 Å². The maximum absolute atomic E-state index is 12.2. The average Bonchev–Trinajstić information content (AvgIpc) is 2.94. The summed E-state index contributed by atoms with van der Waals surface area (Å²) in [6.45, 7) is 10.3. The molecule has 0 radical (unpaired) electrons. The Morgan fingerprint density at radius 2 is 1.68 bits per heavy atom. The number of benzene rings is 1. The van der Waals surface area contributed by atoms with Crippen LogP contribution in [0, 0.1) is 13.8 Å². The fourth-order valence-electron chi connectivity index (χ4n) is 4.65. The third kappa shape index (κ3) is 6.84. The first-order chi connectivity index (χ1) is 16.0. The molecular weight excluding hydrogens is 438 g/mol. The molecule has 2 heterocycles. The van der Waals surface area contributed by atoms with Gasteiger partial charge in [0.2, 0.25) is 5.91 Å². The first kappa shape index (κ1) is 26.2. The molecule has 1 aromatic carbocycles. The lowest BCUT2D eigenvalue weighted by Gasteiger charge is -2.41. The van der Waals surface area contributed by atoms with Crippen LogP contribution in [0.15, 0.2) is 18.2 Å². The number of rotatable bonds is 6. The molecule has 0 bridgehead atoms. The van der Waals surface area contributed by atoms with Crippen LogP contribution in [0.5, 0.6) is 5.75 Å². The van der Waals surface area contributed by atoms with E-state index in [0.29, 0.717) is 57.9 Å². The lowest BCUT2D eigenvalue weighted by atomic mass is 9.90. The van der Waals surface area contributed by atoms with Gasteiger partial charge in [-0.15, -0.1) is 0 Å². The first-order valence-corrected chi connectivity index (χ1v) is 12.1. The number of hydrogen-bond donors (Lipinski definition) is 2. The number of carbonyl (C=O) groups excluding carboxylic acids is 2. The van der Waals surface area contributed by atoms with E-state index in [9.17, 15) is 19.8 Å². The molecule has 1 atom stereocenters. The van der Waals surface area contributed by atoms with Crippen molar-refractivity contribution in [2.75, 3.05) is 59.0 Å². The van der Waals surface area contributed by atoms with Crippen LogP contribution in [0.25, 0.3) is 0 Å². The van der Waals surface area contributed by atoms with E-state index in [1.54, 1.807) is 16.7 Å². The second-order valence-corrected chi connectivity index (χ2v) is 9.82.